The number of rotatable bonds is 8. The number of anilines is 1. The second-order valence-electron chi connectivity index (χ2n) is 8.74. The van der Waals surface area contributed by atoms with E-state index < -0.39 is 0 Å². The number of carbonyl (C=O) groups excluding carboxylic acids is 1. The van der Waals surface area contributed by atoms with Crippen LogP contribution in [0.2, 0.25) is 0 Å². The highest BCUT2D eigenvalue weighted by Crippen LogP contribution is 2.35. The van der Waals surface area contributed by atoms with Crippen LogP contribution in [0.3, 0.4) is 0 Å². The predicted octanol–water partition coefficient (Wildman–Crippen LogP) is 7.21. The number of amides is 1. The van der Waals surface area contributed by atoms with E-state index >= 15 is 0 Å². The molecule has 1 amide bonds. The van der Waals surface area contributed by atoms with E-state index in [-0.39, 0.29) is 11.7 Å². The van der Waals surface area contributed by atoms with E-state index in [1.807, 2.05) is 86.6 Å². The molecule has 5 nitrogen and oxygen atoms in total. The van der Waals surface area contributed by atoms with Gasteiger partial charge in [-0.1, -0.05) is 78.8 Å². The molecule has 0 unspecified atom stereocenters. The SMILES string of the molecule is CCc1cccc(C)c1NC(=O)CSc1nc(-c2ccc(C)cc2)cc(-c2ccc(OC)cc2)c1C#N. The maximum Gasteiger partial charge on any atom is 0.234 e. The second-order valence-corrected chi connectivity index (χ2v) is 9.71. The molecular formula is C31H29N3O2S. The number of carbonyl (C=O) groups is 1. The number of aromatic nitrogens is 1. The van der Waals surface area contributed by atoms with Gasteiger partial charge in [0.2, 0.25) is 5.91 Å². The number of benzene rings is 3. The van der Waals surface area contributed by atoms with Crippen molar-refractivity contribution in [1.82, 2.24) is 4.98 Å². The molecule has 1 N–H and O–H groups in total. The van der Waals surface area contributed by atoms with Gasteiger partial charge in [-0.2, -0.15) is 5.26 Å². The molecule has 0 saturated heterocycles. The summed E-state index contributed by atoms with van der Waals surface area (Å²) in [4.78, 5) is 17.8. The molecular weight excluding hydrogens is 478 g/mol. The maximum absolute atomic E-state index is 13.0. The number of nitriles is 1. The normalized spacial score (nSPS) is 10.6. The van der Waals surface area contributed by atoms with Crippen LogP contribution in [0, 0.1) is 25.2 Å². The van der Waals surface area contributed by atoms with Crippen molar-refractivity contribution in [3.05, 3.63) is 95.1 Å². The van der Waals surface area contributed by atoms with Crippen molar-refractivity contribution in [3.63, 3.8) is 0 Å². The maximum atomic E-state index is 13.0. The highest BCUT2D eigenvalue weighted by atomic mass is 32.2. The highest BCUT2D eigenvalue weighted by Gasteiger charge is 2.18. The van der Waals surface area contributed by atoms with Gasteiger partial charge in [0.25, 0.3) is 0 Å². The first-order chi connectivity index (χ1) is 17.9. The van der Waals surface area contributed by atoms with E-state index in [9.17, 15) is 10.1 Å². The van der Waals surface area contributed by atoms with E-state index in [0.29, 0.717) is 10.6 Å². The average molecular weight is 508 g/mol. The standard InChI is InChI=1S/C31H29N3O2S/c1-5-22-8-6-7-21(3)30(22)34-29(35)19-37-31-27(18-32)26(23-13-15-25(36-4)16-14-23)17-28(33-31)24-11-9-20(2)10-12-24/h6-17H,5,19H2,1-4H3,(H,34,35). The zero-order valence-corrected chi connectivity index (χ0v) is 22.3. The number of nitrogens with zero attached hydrogens (tertiary/aromatic N) is 2. The van der Waals surface area contributed by atoms with Crippen LogP contribution in [0.1, 0.15) is 29.2 Å². The van der Waals surface area contributed by atoms with Crippen LogP contribution in [-0.2, 0) is 11.2 Å². The van der Waals surface area contributed by atoms with Gasteiger partial charge < -0.3 is 10.1 Å². The van der Waals surface area contributed by atoms with E-state index in [4.69, 9.17) is 9.72 Å². The minimum atomic E-state index is -0.133. The Hall–Kier alpha value is -4.08. The van der Waals surface area contributed by atoms with Crippen LogP contribution in [-0.4, -0.2) is 23.8 Å². The lowest BCUT2D eigenvalue weighted by Gasteiger charge is -2.14. The number of thioether (sulfide) groups is 1. The number of pyridine rings is 1. The Morgan fingerprint density at radius 3 is 2.38 bits per heavy atom. The first-order valence-corrected chi connectivity index (χ1v) is 13.1. The average Bonchev–Trinajstić information content (AvgIpc) is 2.93. The fraction of sp³-hybridized carbons (Fsp3) is 0.194. The van der Waals surface area contributed by atoms with Crippen molar-refractivity contribution in [2.75, 3.05) is 18.2 Å². The molecule has 1 heterocycles. The Labute approximate surface area is 222 Å². The second kappa shape index (κ2) is 11.8. The Bertz CT molecular complexity index is 1460. The van der Waals surface area contributed by atoms with Gasteiger partial charge in [0, 0.05) is 16.8 Å². The van der Waals surface area contributed by atoms with Gasteiger partial charge in [0.05, 0.1) is 24.1 Å². The topological polar surface area (TPSA) is 75.0 Å². The molecule has 0 aliphatic rings. The molecule has 0 aliphatic carbocycles. The summed E-state index contributed by atoms with van der Waals surface area (Å²) in [6.45, 7) is 6.10. The fourth-order valence-corrected chi connectivity index (χ4v) is 4.92. The zero-order chi connectivity index (χ0) is 26.4. The Morgan fingerprint density at radius 1 is 1.03 bits per heavy atom. The van der Waals surface area contributed by atoms with Gasteiger partial charge in [0.15, 0.2) is 0 Å². The number of aryl methyl sites for hydroxylation is 3. The molecule has 4 aromatic rings. The van der Waals surface area contributed by atoms with E-state index in [0.717, 1.165) is 56.9 Å². The Balaban J connectivity index is 1.70. The minimum absolute atomic E-state index is 0.133. The lowest BCUT2D eigenvalue weighted by atomic mass is 9.99. The number of ether oxygens (including phenoxy) is 1. The fourth-order valence-electron chi connectivity index (χ4n) is 4.12. The lowest BCUT2D eigenvalue weighted by Crippen LogP contribution is -2.16. The predicted molar refractivity (Wildman–Crippen MR) is 151 cm³/mol. The number of para-hydroxylation sites is 1. The molecule has 6 heteroatoms. The van der Waals surface area contributed by atoms with Crippen LogP contribution in [0.25, 0.3) is 22.4 Å². The number of methoxy groups -OCH3 is 1. The van der Waals surface area contributed by atoms with Crippen molar-refractivity contribution in [3.8, 4) is 34.2 Å². The molecule has 0 bridgehead atoms. The Morgan fingerprint density at radius 2 is 1.73 bits per heavy atom. The zero-order valence-electron chi connectivity index (χ0n) is 21.5. The summed E-state index contributed by atoms with van der Waals surface area (Å²) in [6, 6.07) is 26.0. The summed E-state index contributed by atoms with van der Waals surface area (Å²) in [5.41, 5.74) is 7.93. The summed E-state index contributed by atoms with van der Waals surface area (Å²) in [5.74, 6) is 0.744. The molecule has 3 aromatic carbocycles. The Kier molecular flexibility index (Phi) is 8.27. The summed E-state index contributed by atoms with van der Waals surface area (Å²) in [6.07, 6.45) is 0.828. The highest BCUT2D eigenvalue weighted by molar-refractivity contribution is 8.00. The number of hydrogen-bond donors (Lipinski definition) is 1. The summed E-state index contributed by atoms with van der Waals surface area (Å²) >= 11 is 1.28. The number of hydrogen-bond acceptors (Lipinski definition) is 5. The van der Waals surface area contributed by atoms with Crippen molar-refractivity contribution in [2.24, 2.45) is 0 Å². The van der Waals surface area contributed by atoms with Gasteiger partial charge in [-0.15, -0.1) is 0 Å². The molecule has 4 rings (SSSR count). The van der Waals surface area contributed by atoms with Gasteiger partial charge >= 0.3 is 0 Å². The largest absolute Gasteiger partial charge is 0.497 e. The summed E-state index contributed by atoms with van der Waals surface area (Å²) in [7, 11) is 1.62. The monoisotopic (exact) mass is 507 g/mol. The molecule has 0 spiro atoms. The van der Waals surface area contributed by atoms with Crippen LogP contribution >= 0.6 is 11.8 Å². The molecule has 0 fully saturated rings. The van der Waals surface area contributed by atoms with Crippen LogP contribution < -0.4 is 10.1 Å². The van der Waals surface area contributed by atoms with Crippen molar-refractivity contribution < 1.29 is 9.53 Å². The minimum Gasteiger partial charge on any atom is -0.497 e. The van der Waals surface area contributed by atoms with Crippen LogP contribution in [0.4, 0.5) is 5.69 Å². The van der Waals surface area contributed by atoms with Gasteiger partial charge in [-0.3, -0.25) is 4.79 Å². The third kappa shape index (κ3) is 6.02. The molecule has 0 radical (unpaired) electrons. The van der Waals surface area contributed by atoms with E-state index in [2.05, 4.69) is 18.3 Å². The van der Waals surface area contributed by atoms with E-state index in [1.54, 1.807) is 7.11 Å². The van der Waals surface area contributed by atoms with Crippen molar-refractivity contribution in [2.45, 2.75) is 32.2 Å². The van der Waals surface area contributed by atoms with Gasteiger partial charge in [-0.05, 0) is 55.2 Å². The quantitative estimate of drug-likeness (QED) is 0.255. The summed E-state index contributed by atoms with van der Waals surface area (Å²) < 4.78 is 5.30. The van der Waals surface area contributed by atoms with Gasteiger partial charge in [0.1, 0.15) is 16.8 Å². The molecule has 0 saturated carbocycles. The third-order valence-corrected chi connectivity index (χ3v) is 7.17. The van der Waals surface area contributed by atoms with Crippen molar-refractivity contribution >= 4 is 23.4 Å². The summed E-state index contributed by atoms with van der Waals surface area (Å²) in [5, 5.41) is 13.7. The molecule has 186 valence electrons. The smallest absolute Gasteiger partial charge is 0.234 e. The number of nitrogens with one attached hydrogen (secondary N) is 1. The molecule has 0 aliphatic heterocycles. The van der Waals surface area contributed by atoms with Crippen LogP contribution in [0.15, 0.2) is 77.8 Å². The van der Waals surface area contributed by atoms with Crippen molar-refractivity contribution in [1.29, 1.82) is 5.26 Å². The first kappa shape index (κ1) is 26.0. The first-order valence-electron chi connectivity index (χ1n) is 12.1. The third-order valence-electron chi connectivity index (χ3n) is 6.19. The molecule has 37 heavy (non-hydrogen) atoms. The van der Waals surface area contributed by atoms with E-state index in [1.165, 1.54) is 11.8 Å². The lowest BCUT2D eigenvalue weighted by molar-refractivity contribution is -0.113. The molecule has 1 aromatic heterocycles. The van der Waals surface area contributed by atoms with Gasteiger partial charge in [-0.25, -0.2) is 4.98 Å². The molecule has 0 atom stereocenters. The van der Waals surface area contributed by atoms with Crippen LogP contribution in [0.5, 0.6) is 5.75 Å².